The molecule has 1 N–H and O–H groups in total. The van der Waals surface area contributed by atoms with Gasteiger partial charge in [-0.05, 0) is 12.1 Å². The Hall–Kier alpha value is -1.38. The average Bonchev–Trinajstić information content (AvgIpc) is 2.04. The molecule has 0 saturated heterocycles. The predicted molar refractivity (Wildman–Crippen MR) is 52.6 cm³/mol. The number of hydrogen-bond acceptors (Lipinski definition) is 2. The largest absolute Gasteiger partial charge is 0.313 e. The van der Waals surface area contributed by atoms with E-state index in [1.54, 1.807) is 6.07 Å². The lowest BCUT2D eigenvalue weighted by molar-refractivity contribution is -0.105. The average molecular weight is 178 g/mol. The Kier molecular flexibility index (Phi) is 2.66. The van der Waals surface area contributed by atoms with Crippen LogP contribution in [0.15, 0.2) is 18.2 Å². The number of carbonyl (C=O) groups is 1. The van der Waals surface area contributed by atoms with Gasteiger partial charge in [0, 0.05) is 11.1 Å². The highest BCUT2D eigenvalue weighted by Crippen LogP contribution is 2.20. The van der Waals surface area contributed by atoms with Crippen molar-refractivity contribution in [1.82, 2.24) is 4.98 Å². The Morgan fingerprint density at radius 1 is 1.38 bits per heavy atom. The molecule has 0 saturated carbocycles. The van der Waals surface area contributed by atoms with E-state index < -0.39 is 0 Å². The van der Waals surface area contributed by atoms with Crippen LogP contribution in [0.1, 0.15) is 26.5 Å². The van der Waals surface area contributed by atoms with Gasteiger partial charge in [-0.3, -0.25) is 4.79 Å². The van der Waals surface area contributed by atoms with Crippen LogP contribution >= 0.6 is 0 Å². The second-order valence-electron chi connectivity index (χ2n) is 3.92. The van der Waals surface area contributed by atoms with Crippen molar-refractivity contribution in [2.45, 2.75) is 26.2 Å². The van der Waals surface area contributed by atoms with Crippen molar-refractivity contribution in [1.29, 1.82) is 0 Å². The lowest BCUT2D eigenvalue weighted by Gasteiger charge is -2.17. The summed E-state index contributed by atoms with van der Waals surface area (Å²) >= 11 is 0. The smallest absolute Gasteiger partial charge is 0.212 e. The van der Waals surface area contributed by atoms with E-state index in [0.29, 0.717) is 12.2 Å². The highest BCUT2D eigenvalue weighted by atomic mass is 16.1. The molecule has 1 amide bonds. The fourth-order valence-electron chi connectivity index (χ4n) is 0.993. The first-order valence-corrected chi connectivity index (χ1v) is 4.22. The van der Waals surface area contributed by atoms with Crippen LogP contribution in [-0.4, -0.2) is 11.4 Å². The summed E-state index contributed by atoms with van der Waals surface area (Å²) in [5.74, 6) is 0.599. The molecule has 0 aliphatic rings. The van der Waals surface area contributed by atoms with E-state index in [1.807, 2.05) is 12.1 Å². The Balaban J connectivity index is 2.98. The molecule has 13 heavy (non-hydrogen) atoms. The summed E-state index contributed by atoms with van der Waals surface area (Å²) in [7, 11) is 0. The zero-order chi connectivity index (χ0) is 9.90. The van der Waals surface area contributed by atoms with Crippen LogP contribution < -0.4 is 5.32 Å². The first-order valence-electron chi connectivity index (χ1n) is 4.22. The van der Waals surface area contributed by atoms with Gasteiger partial charge in [-0.15, -0.1) is 0 Å². The molecule has 3 heteroatoms. The minimum atomic E-state index is 0.0145. The molecule has 0 spiro atoms. The lowest BCUT2D eigenvalue weighted by Crippen LogP contribution is -2.14. The number of nitrogens with zero attached hydrogens (tertiary/aromatic N) is 1. The molecule has 0 aliphatic heterocycles. The molecule has 1 aromatic rings. The number of nitrogens with one attached hydrogen (secondary N) is 1. The summed E-state index contributed by atoms with van der Waals surface area (Å²) in [5.41, 5.74) is 0.986. The van der Waals surface area contributed by atoms with E-state index in [4.69, 9.17) is 0 Å². The lowest BCUT2D eigenvalue weighted by atomic mass is 9.92. The molecular formula is C10H14N2O. The zero-order valence-electron chi connectivity index (χ0n) is 8.16. The second-order valence-corrected chi connectivity index (χ2v) is 3.92. The van der Waals surface area contributed by atoms with Crippen LogP contribution in [0.25, 0.3) is 0 Å². The fourth-order valence-corrected chi connectivity index (χ4v) is 0.993. The SMILES string of the molecule is CC(C)(C)c1cccc(NC=O)n1. The van der Waals surface area contributed by atoms with Crippen molar-refractivity contribution < 1.29 is 4.79 Å². The number of anilines is 1. The Morgan fingerprint density at radius 3 is 2.62 bits per heavy atom. The van der Waals surface area contributed by atoms with Gasteiger partial charge >= 0.3 is 0 Å². The summed E-state index contributed by atoms with van der Waals surface area (Å²) < 4.78 is 0. The van der Waals surface area contributed by atoms with Crippen LogP contribution in [0, 0.1) is 0 Å². The van der Waals surface area contributed by atoms with E-state index in [0.717, 1.165) is 5.69 Å². The highest BCUT2D eigenvalue weighted by Gasteiger charge is 2.14. The Bertz CT molecular complexity index is 302. The number of aromatic nitrogens is 1. The molecule has 1 rings (SSSR count). The molecule has 0 aromatic carbocycles. The van der Waals surface area contributed by atoms with E-state index in [1.165, 1.54) is 0 Å². The van der Waals surface area contributed by atoms with Gasteiger partial charge in [-0.1, -0.05) is 26.8 Å². The summed E-state index contributed by atoms with van der Waals surface area (Å²) in [5, 5.41) is 2.53. The van der Waals surface area contributed by atoms with Gasteiger partial charge in [0.25, 0.3) is 0 Å². The van der Waals surface area contributed by atoms with Gasteiger partial charge in [0.15, 0.2) is 0 Å². The molecule has 0 radical (unpaired) electrons. The summed E-state index contributed by atoms with van der Waals surface area (Å²) in [6.45, 7) is 6.25. The summed E-state index contributed by atoms with van der Waals surface area (Å²) in [6, 6.07) is 5.61. The Labute approximate surface area is 78.2 Å². The first kappa shape index (κ1) is 9.71. The maximum absolute atomic E-state index is 10.2. The van der Waals surface area contributed by atoms with Crippen molar-refractivity contribution in [3.8, 4) is 0 Å². The standard InChI is InChI=1S/C10H14N2O/c1-10(2,3)8-5-4-6-9(12-8)11-7-13/h4-7H,1-3H3,(H,11,12,13). The molecule has 3 nitrogen and oxygen atoms in total. The third kappa shape index (κ3) is 2.54. The summed E-state index contributed by atoms with van der Waals surface area (Å²) in [6.07, 6.45) is 0.634. The van der Waals surface area contributed by atoms with Gasteiger partial charge in [0.2, 0.25) is 6.41 Å². The molecule has 0 unspecified atom stereocenters. The van der Waals surface area contributed by atoms with Gasteiger partial charge < -0.3 is 5.32 Å². The van der Waals surface area contributed by atoms with Gasteiger partial charge in [-0.2, -0.15) is 0 Å². The summed E-state index contributed by atoms with van der Waals surface area (Å²) in [4.78, 5) is 14.5. The maximum atomic E-state index is 10.2. The van der Waals surface area contributed by atoms with Crippen LogP contribution in [0.3, 0.4) is 0 Å². The number of hydrogen-bond donors (Lipinski definition) is 1. The van der Waals surface area contributed by atoms with Crippen molar-refractivity contribution in [3.05, 3.63) is 23.9 Å². The van der Waals surface area contributed by atoms with Gasteiger partial charge in [0.1, 0.15) is 5.82 Å². The molecule has 0 bridgehead atoms. The number of rotatable bonds is 2. The third-order valence-electron chi connectivity index (χ3n) is 1.72. The van der Waals surface area contributed by atoms with Crippen LogP contribution in [0.5, 0.6) is 0 Å². The quantitative estimate of drug-likeness (QED) is 0.703. The van der Waals surface area contributed by atoms with E-state index >= 15 is 0 Å². The molecule has 70 valence electrons. The van der Waals surface area contributed by atoms with E-state index in [9.17, 15) is 4.79 Å². The van der Waals surface area contributed by atoms with Crippen LogP contribution in [0.4, 0.5) is 5.82 Å². The number of pyridine rings is 1. The topological polar surface area (TPSA) is 42.0 Å². The van der Waals surface area contributed by atoms with Crippen molar-refractivity contribution in [2.75, 3.05) is 5.32 Å². The fraction of sp³-hybridized carbons (Fsp3) is 0.400. The molecule has 0 aliphatic carbocycles. The van der Waals surface area contributed by atoms with E-state index in [-0.39, 0.29) is 5.41 Å². The third-order valence-corrected chi connectivity index (χ3v) is 1.72. The molecule has 0 fully saturated rings. The maximum Gasteiger partial charge on any atom is 0.212 e. The number of amides is 1. The van der Waals surface area contributed by atoms with Crippen molar-refractivity contribution in [2.24, 2.45) is 0 Å². The van der Waals surface area contributed by atoms with Gasteiger partial charge in [-0.25, -0.2) is 4.98 Å². The molecule has 1 heterocycles. The van der Waals surface area contributed by atoms with E-state index in [2.05, 4.69) is 31.1 Å². The minimum Gasteiger partial charge on any atom is -0.313 e. The molecular weight excluding hydrogens is 164 g/mol. The molecule has 1 aromatic heterocycles. The zero-order valence-corrected chi connectivity index (χ0v) is 8.16. The Morgan fingerprint density at radius 2 is 2.08 bits per heavy atom. The van der Waals surface area contributed by atoms with Crippen molar-refractivity contribution >= 4 is 12.2 Å². The minimum absolute atomic E-state index is 0.0145. The van der Waals surface area contributed by atoms with Crippen LogP contribution in [0.2, 0.25) is 0 Å². The van der Waals surface area contributed by atoms with Crippen LogP contribution in [-0.2, 0) is 10.2 Å². The van der Waals surface area contributed by atoms with Crippen molar-refractivity contribution in [3.63, 3.8) is 0 Å². The normalized spacial score (nSPS) is 11.0. The highest BCUT2D eigenvalue weighted by molar-refractivity contribution is 5.68. The second kappa shape index (κ2) is 3.56. The monoisotopic (exact) mass is 178 g/mol. The predicted octanol–water partition coefficient (Wildman–Crippen LogP) is 1.95. The van der Waals surface area contributed by atoms with Gasteiger partial charge in [0.05, 0.1) is 0 Å². The molecule has 0 atom stereocenters. The number of carbonyl (C=O) groups excluding carboxylic acids is 1. The first-order chi connectivity index (χ1) is 6.04.